The lowest BCUT2D eigenvalue weighted by Gasteiger charge is -2.24. The number of rotatable bonds is 4. The average molecular weight is 278 g/mol. The molecule has 2 atom stereocenters. The molecule has 8 heteroatoms. The zero-order valence-electron chi connectivity index (χ0n) is 10.2. The van der Waals surface area contributed by atoms with Crippen LogP contribution in [0.3, 0.4) is 0 Å². The van der Waals surface area contributed by atoms with Gasteiger partial charge in [-0.25, -0.2) is 13.2 Å². The van der Waals surface area contributed by atoms with Gasteiger partial charge in [-0.1, -0.05) is 0 Å². The minimum atomic E-state index is -3.11. The third kappa shape index (κ3) is 4.26. The van der Waals surface area contributed by atoms with Gasteiger partial charge < -0.3 is 15.8 Å². The first-order valence-electron chi connectivity index (χ1n) is 5.78. The van der Waals surface area contributed by atoms with E-state index in [1.54, 1.807) is 6.92 Å². The first-order chi connectivity index (χ1) is 8.35. The first-order valence-corrected chi connectivity index (χ1v) is 7.61. The molecule has 104 valence electrons. The molecule has 3 N–H and O–H groups in total. The molecule has 0 saturated carbocycles. The number of esters is 1. The molecule has 0 aromatic heterocycles. The van der Waals surface area contributed by atoms with Crippen molar-refractivity contribution in [3.8, 4) is 0 Å². The van der Waals surface area contributed by atoms with Gasteiger partial charge in [-0.15, -0.1) is 0 Å². The van der Waals surface area contributed by atoms with Crippen molar-refractivity contribution in [2.75, 3.05) is 18.1 Å². The van der Waals surface area contributed by atoms with E-state index in [0.29, 0.717) is 12.8 Å². The minimum Gasteiger partial charge on any atom is -0.464 e. The van der Waals surface area contributed by atoms with E-state index in [-0.39, 0.29) is 18.1 Å². The van der Waals surface area contributed by atoms with Crippen molar-refractivity contribution in [2.45, 2.75) is 31.8 Å². The molecule has 2 unspecified atom stereocenters. The Morgan fingerprint density at radius 3 is 2.72 bits per heavy atom. The topological polar surface area (TPSA) is 116 Å². The predicted octanol–water partition coefficient (Wildman–Crippen LogP) is -1.43. The zero-order chi connectivity index (χ0) is 13.8. The second-order valence-corrected chi connectivity index (χ2v) is 6.42. The van der Waals surface area contributed by atoms with Gasteiger partial charge in [0, 0.05) is 6.04 Å². The Labute approximate surface area is 106 Å². The summed E-state index contributed by atoms with van der Waals surface area (Å²) in [5, 5.41) is 2.47. The van der Waals surface area contributed by atoms with Crippen LogP contribution >= 0.6 is 0 Å². The van der Waals surface area contributed by atoms with Gasteiger partial charge >= 0.3 is 5.97 Å². The lowest BCUT2D eigenvalue weighted by Crippen LogP contribution is -2.52. The maximum Gasteiger partial charge on any atom is 0.332 e. The van der Waals surface area contributed by atoms with Crippen molar-refractivity contribution in [3.63, 3.8) is 0 Å². The Morgan fingerprint density at radius 1 is 1.50 bits per heavy atom. The van der Waals surface area contributed by atoms with Crippen LogP contribution in [0, 0.1) is 0 Å². The molecule has 7 nitrogen and oxygen atoms in total. The van der Waals surface area contributed by atoms with Crippen molar-refractivity contribution in [3.05, 3.63) is 0 Å². The van der Waals surface area contributed by atoms with Crippen LogP contribution in [-0.2, 0) is 24.2 Å². The van der Waals surface area contributed by atoms with Crippen LogP contribution < -0.4 is 11.1 Å². The molecule has 1 saturated heterocycles. The molecule has 0 aromatic carbocycles. The Morgan fingerprint density at radius 2 is 2.17 bits per heavy atom. The molecule has 1 aliphatic rings. The first kappa shape index (κ1) is 14.9. The van der Waals surface area contributed by atoms with E-state index in [2.05, 4.69) is 10.1 Å². The molecule has 1 rings (SSSR count). The van der Waals surface area contributed by atoms with Gasteiger partial charge in [0.2, 0.25) is 5.91 Å². The van der Waals surface area contributed by atoms with E-state index >= 15 is 0 Å². The third-order valence-corrected chi connectivity index (χ3v) is 4.45. The van der Waals surface area contributed by atoms with Crippen LogP contribution in [0.25, 0.3) is 0 Å². The fourth-order valence-corrected chi connectivity index (χ4v) is 3.40. The predicted molar refractivity (Wildman–Crippen MR) is 64.4 cm³/mol. The summed E-state index contributed by atoms with van der Waals surface area (Å²) in [6.45, 7) is 1.74. The third-order valence-electron chi connectivity index (χ3n) is 2.63. The maximum atomic E-state index is 11.6. The molecule has 1 amide bonds. The van der Waals surface area contributed by atoms with Crippen molar-refractivity contribution >= 4 is 21.7 Å². The van der Waals surface area contributed by atoms with Crippen LogP contribution in [0.5, 0.6) is 0 Å². The molecule has 0 bridgehead atoms. The SMILES string of the molecule is CCOC(=O)C(N)C(=O)NC1CCCS(=O)(=O)C1. The smallest absolute Gasteiger partial charge is 0.332 e. The number of sulfone groups is 1. The summed E-state index contributed by atoms with van der Waals surface area (Å²) in [6.07, 6.45) is 1.07. The number of hydrogen-bond donors (Lipinski definition) is 2. The lowest BCUT2D eigenvalue weighted by atomic mass is 10.1. The van der Waals surface area contributed by atoms with Crippen molar-refractivity contribution in [1.29, 1.82) is 0 Å². The van der Waals surface area contributed by atoms with Crippen LogP contribution in [0.1, 0.15) is 19.8 Å². The molecular weight excluding hydrogens is 260 g/mol. The highest BCUT2D eigenvalue weighted by Gasteiger charge is 2.30. The Kier molecular flexibility index (Phi) is 5.09. The standard InChI is InChI=1S/C10H18N2O5S/c1-2-17-10(14)8(11)9(13)12-7-4-3-5-18(15,16)6-7/h7-8H,2-6,11H2,1H3,(H,12,13). The monoisotopic (exact) mass is 278 g/mol. The van der Waals surface area contributed by atoms with E-state index < -0.39 is 33.8 Å². The molecule has 0 spiro atoms. The van der Waals surface area contributed by atoms with Gasteiger partial charge in [0.05, 0.1) is 18.1 Å². The average Bonchev–Trinajstić information content (AvgIpc) is 2.26. The van der Waals surface area contributed by atoms with Crippen molar-refractivity contribution < 1.29 is 22.7 Å². The fourth-order valence-electron chi connectivity index (χ4n) is 1.77. The van der Waals surface area contributed by atoms with Crippen LogP contribution in [0.4, 0.5) is 0 Å². The summed E-state index contributed by atoms with van der Waals surface area (Å²) in [6, 6.07) is -1.88. The summed E-state index contributed by atoms with van der Waals surface area (Å²) in [5.74, 6) is -1.47. The number of hydrogen-bond acceptors (Lipinski definition) is 6. The Bertz CT molecular complexity index is 420. The largest absolute Gasteiger partial charge is 0.464 e. The minimum absolute atomic E-state index is 0.103. The van der Waals surface area contributed by atoms with Crippen molar-refractivity contribution in [2.24, 2.45) is 5.73 Å². The van der Waals surface area contributed by atoms with E-state index in [1.807, 2.05) is 0 Å². The Hall–Kier alpha value is -1.15. The van der Waals surface area contributed by atoms with Gasteiger partial charge in [-0.05, 0) is 19.8 Å². The highest BCUT2D eigenvalue weighted by atomic mass is 32.2. The zero-order valence-corrected chi connectivity index (χ0v) is 11.0. The fraction of sp³-hybridized carbons (Fsp3) is 0.800. The Balaban J connectivity index is 2.51. The van der Waals surface area contributed by atoms with Gasteiger partial charge in [0.15, 0.2) is 15.9 Å². The van der Waals surface area contributed by atoms with Crippen molar-refractivity contribution in [1.82, 2.24) is 5.32 Å². The number of amides is 1. The summed E-state index contributed by atoms with van der Waals surface area (Å²) in [7, 11) is -3.11. The summed E-state index contributed by atoms with van der Waals surface area (Å²) in [5.41, 5.74) is 5.40. The molecular formula is C10H18N2O5S. The van der Waals surface area contributed by atoms with Gasteiger partial charge in [-0.2, -0.15) is 0 Å². The van der Waals surface area contributed by atoms with E-state index in [0.717, 1.165) is 0 Å². The molecule has 1 heterocycles. The number of carbonyl (C=O) groups excluding carboxylic acids is 2. The van der Waals surface area contributed by atoms with Crippen LogP contribution in [-0.4, -0.2) is 50.5 Å². The molecule has 1 fully saturated rings. The summed E-state index contributed by atoms with van der Waals surface area (Å²) < 4.78 is 27.4. The highest BCUT2D eigenvalue weighted by Crippen LogP contribution is 2.12. The highest BCUT2D eigenvalue weighted by molar-refractivity contribution is 7.91. The van der Waals surface area contributed by atoms with Crippen LogP contribution in [0.2, 0.25) is 0 Å². The molecule has 1 aliphatic heterocycles. The second-order valence-electron chi connectivity index (χ2n) is 4.19. The number of carbonyl (C=O) groups is 2. The molecule has 0 aliphatic carbocycles. The van der Waals surface area contributed by atoms with Gasteiger partial charge in [-0.3, -0.25) is 4.79 Å². The lowest BCUT2D eigenvalue weighted by molar-refractivity contribution is -0.148. The quantitative estimate of drug-likeness (QED) is 0.481. The molecule has 18 heavy (non-hydrogen) atoms. The summed E-state index contributed by atoms with van der Waals surface area (Å²) in [4.78, 5) is 22.8. The van der Waals surface area contributed by atoms with Crippen LogP contribution in [0.15, 0.2) is 0 Å². The van der Waals surface area contributed by atoms with Gasteiger partial charge in [0.25, 0.3) is 0 Å². The van der Waals surface area contributed by atoms with E-state index in [4.69, 9.17) is 5.73 Å². The summed E-state index contributed by atoms with van der Waals surface area (Å²) >= 11 is 0. The van der Waals surface area contributed by atoms with E-state index in [1.165, 1.54) is 0 Å². The molecule has 0 radical (unpaired) electrons. The molecule has 0 aromatic rings. The normalized spacial score (nSPS) is 24.0. The second kappa shape index (κ2) is 6.14. The maximum absolute atomic E-state index is 11.6. The van der Waals surface area contributed by atoms with E-state index in [9.17, 15) is 18.0 Å². The number of nitrogens with one attached hydrogen (secondary N) is 1. The number of nitrogens with two attached hydrogens (primary N) is 1. The number of ether oxygens (including phenoxy) is 1. The van der Waals surface area contributed by atoms with Gasteiger partial charge in [0.1, 0.15) is 0 Å².